The molecular weight excluding hydrogens is 352 g/mol. The Morgan fingerprint density at radius 3 is 2.00 bits per heavy atom. The normalized spacial score (nSPS) is 11.5. The first kappa shape index (κ1) is 20.1. The molecule has 0 aliphatic heterocycles. The van der Waals surface area contributed by atoms with E-state index >= 15 is 0 Å². The van der Waals surface area contributed by atoms with E-state index in [1.54, 1.807) is 24.3 Å². The lowest BCUT2D eigenvalue weighted by atomic mass is 10.1. The second-order valence-corrected chi connectivity index (χ2v) is 5.83. The molecular formula is C19H20N2O6. The smallest absolute Gasteiger partial charge is 0.335 e. The van der Waals surface area contributed by atoms with E-state index in [4.69, 9.17) is 10.2 Å². The molecule has 8 heteroatoms. The molecule has 0 aliphatic rings. The molecule has 0 bridgehead atoms. The third kappa shape index (κ3) is 6.21. The van der Waals surface area contributed by atoms with Crippen LogP contribution in [0.25, 0.3) is 0 Å². The van der Waals surface area contributed by atoms with Crippen molar-refractivity contribution in [3.8, 4) is 0 Å². The Kier molecular flexibility index (Phi) is 7.04. The summed E-state index contributed by atoms with van der Waals surface area (Å²) in [4.78, 5) is 35.0. The second-order valence-electron chi connectivity index (χ2n) is 5.83. The van der Waals surface area contributed by atoms with Crippen molar-refractivity contribution in [3.05, 3.63) is 59.7 Å². The first-order chi connectivity index (χ1) is 12.9. The zero-order chi connectivity index (χ0) is 19.8. The Hall–Kier alpha value is -3.23. The Bertz CT molecular complexity index is 802. The highest BCUT2D eigenvalue weighted by atomic mass is 16.4. The molecule has 27 heavy (non-hydrogen) atoms. The van der Waals surface area contributed by atoms with Crippen LogP contribution < -0.4 is 10.6 Å². The highest BCUT2D eigenvalue weighted by Gasteiger charge is 2.13. The number of anilines is 2. The van der Waals surface area contributed by atoms with E-state index < -0.39 is 18.0 Å². The maximum Gasteiger partial charge on any atom is 0.335 e. The van der Waals surface area contributed by atoms with Crippen molar-refractivity contribution in [2.45, 2.75) is 12.5 Å². The predicted molar refractivity (Wildman–Crippen MR) is 99.0 cm³/mol. The van der Waals surface area contributed by atoms with Crippen molar-refractivity contribution in [1.82, 2.24) is 0 Å². The molecule has 8 nitrogen and oxygen atoms in total. The van der Waals surface area contributed by atoms with Gasteiger partial charge in [0.2, 0.25) is 5.91 Å². The summed E-state index contributed by atoms with van der Waals surface area (Å²) >= 11 is 0. The van der Waals surface area contributed by atoms with Crippen molar-refractivity contribution < 1.29 is 29.7 Å². The third-order valence-electron chi connectivity index (χ3n) is 3.70. The van der Waals surface area contributed by atoms with Crippen molar-refractivity contribution in [1.29, 1.82) is 0 Å². The van der Waals surface area contributed by atoms with Crippen LogP contribution >= 0.6 is 0 Å². The van der Waals surface area contributed by atoms with Gasteiger partial charge >= 0.3 is 5.97 Å². The highest BCUT2D eigenvalue weighted by molar-refractivity contribution is 6.11. The maximum atomic E-state index is 12.2. The molecule has 0 aliphatic carbocycles. The van der Waals surface area contributed by atoms with Gasteiger partial charge in [0.15, 0.2) is 5.78 Å². The van der Waals surface area contributed by atoms with Crippen LogP contribution in [0.3, 0.4) is 0 Å². The number of hydrogen-bond acceptors (Lipinski definition) is 6. The number of aliphatic hydroxyl groups is 2. The van der Waals surface area contributed by atoms with Gasteiger partial charge in [-0.2, -0.15) is 0 Å². The van der Waals surface area contributed by atoms with Gasteiger partial charge in [-0.05, 0) is 48.5 Å². The molecule has 1 amide bonds. The molecule has 0 saturated carbocycles. The lowest BCUT2D eigenvalue weighted by Crippen LogP contribution is -2.22. The molecule has 2 aromatic carbocycles. The zero-order valence-electron chi connectivity index (χ0n) is 14.4. The summed E-state index contributed by atoms with van der Waals surface area (Å²) in [6.07, 6.45) is -1.23. The minimum atomic E-state index is -1.06. The number of rotatable bonds is 9. The lowest BCUT2D eigenvalue weighted by molar-refractivity contribution is -0.115. The van der Waals surface area contributed by atoms with E-state index in [1.807, 2.05) is 0 Å². The average molecular weight is 372 g/mol. The van der Waals surface area contributed by atoms with E-state index in [-0.39, 0.29) is 30.9 Å². The average Bonchev–Trinajstić information content (AvgIpc) is 2.66. The van der Waals surface area contributed by atoms with Crippen molar-refractivity contribution in [3.63, 3.8) is 0 Å². The molecule has 142 valence electrons. The first-order valence-corrected chi connectivity index (χ1v) is 8.18. The summed E-state index contributed by atoms with van der Waals surface area (Å²) in [7, 11) is 0. The Morgan fingerprint density at radius 2 is 1.44 bits per heavy atom. The molecule has 0 saturated heterocycles. The molecule has 2 rings (SSSR count). The summed E-state index contributed by atoms with van der Waals surface area (Å²) in [6, 6.07) is 12.0. The number of benzene rings is 2. The molecule has 5 N–H and O–H groups in total. The van der Waals surface area contributed by atoms with Crippen LogP contribution in [0, 0.1) is 0 Å². The number of nitrogens with one attached hydrogen (secondary N) is 2. The Labute approximate surface area is 155 Å². The van der Waals surface area contributed by atoms with Crippen LogP contribution in [0.15, 0.2) is 48.5 Å². The van der Waals surface area contributed by atoms with Crippen LogP contribution in [0.2, 0.25) is 0 Å². The number of aromatic carboxylic acids is 1. The van der Waals surface area contributed by atoms with E-state index in [1.165, 1.54) is 24.3 Å². The van der Waals surface area contributed by atoms with Gasteiger partial charge in [-0.3, -0.25) is 9.59 Å². The van der Waals surface area contributed by atoms with Crippen LogP contribution in [0.5, 0.6) is 0 Å². The van der Waals surface area contributed by atoms with Gasteiger partial charge in [-0.25, -0.2) is 4.79 Å². The molecule has 0 aromatic heterocycles. The predicted octanol–water partition coefficient (Wildman–Crippen LogP) is 1.36. The molecule has 0 fully saturated rings. The Morgan fingerprint density at radius 1 is 0.889 bits per heavy atom. The van der Waals surface area contributed by atoms with Crippen molar-refractivity contribution in [2.24, 2.45) is 0 Å². The number of aliphatic hydroxyl groups excluding tert-OH is 2. The molecule has 0 spiro atoms. The molecule has 0 heterocycles. The largest absolute Gasteiger partial charge is 0.478 e. The molecule has 1 unspecified atom stereocenters. The van der Waals surface area contributed by atoms with Gasteiger partial charge in [-0.15, -0.1) is 0 Å². The fraction of sp³-hybridized carbons (Fsp3) is 0.211. The van der Waals surface area contributed by atoms with Crippen LogP contribution in [-0.4, -0.2) is 52.2 Å². The summed E-state index contributed by atoms with van der Waals surface area (Å²) in [5.41, 5.74) is 1.53. The van der Waals surface area contributed by atoms with Crippen molar-refractivity contribution >= 4 is 29.0 Å². The van der Waals surface area contributed by atoms with Gasteiger partial charge in [0, 0.05) is 23.5 Å². The number of hydrogen-bond donors (Lipinski definition) is 5. The standard InChI is InChI=1S/C19H20N2O6/c22-11-16(23)10-20-14-5-1-12(2-6-14)17(24)9-18(25)21-15-7-3-13(4-8-15)19(26)27/h1-8,16,20,22-23H,9-11H2,(H,21,25)(H,26,27). The second kappa shape index (κ2) is 9.46. The summed E-state index contributed by atoms with van der Waals surface area (Å²) < 4.78 is 0. The number of carboxylic acids is 1. The number of ketones is 1. The molecule has 0 radical (unpaired) electrons. The number of amides is 1. The van der Waals surface area contributed by atoms with Crippen molar-refractivity contribution in [2.75, 3.05) is 23.8 Å². The topological polar surface area (TPSA) is 136 Å². The van der Waals surface area contributed by atoms with Gasteiger partial charge in [0.1, 0.15) is 0 Å². The van der Waals surface area contributed by atoms with Gasteiger partial charge in [0.25, 0.3) is 0 Å². The number of carbonyl (C=O) groups is 3. The minimum Gasteiger partial charge on any atom is -0.478 e. The van der Waals surface area contributed by atoms with E-state index in [9.17, 15) is 19.5 Å². The minimum absolute atomic E-state index is 0.101. The van der Waals surface area contributed by atoms with Crippen LogP contribution in [0.4, 0.5) is 11.4 Å². The highest BCUT2D eigenvalue weighted by Crippen LogP contribution is 2.13. The molecule has 1 atom stereocenters. The maximum absolute atomic E-state index is 12.2. The van der Waals surface area contributed by atoms with Gasteiger partial charge in [-0.1, -0.05) is 0 Å². The Balaban J connectivity index is 1.88. The number of Topliss-reactive ketones (excluding diaryl/α,β-unsaturated/α-hetero) is 1. The number of carbonyl (C=O) groups excluding carboxylic acids is 2. The van der Waals surface area contributed by atoms with Crippen LogP contribution in [0.1, 0.15) is 27.1 Å². The summed E-state index contributed by atoms with van der Waals surface area (Å²) in [5.74, 6) is -1.93. The number of carboxylic acid groups (broad SMARTS) is 1. The van der Waals surface area contributed by atoms with E-state index in [0.29, 0.717) is 16.9 Å². The van der Waals surface area contributed by atoms with Gasteiger partial charge < -0.3 is 26.0 Å². The lowest BCUT2D eigenvalue weighted by Gasteiger charge is -2.10. The fourth-order valence-corrected chi connectivity index (χ4v) is 2.22. The van der Waals surface area contributed by atoms with E-state index in [2.05, 4.69) is 10.6 Å². The zero-order valence-corrected chi connectivity index (χ0v) is 14.4. The van der Waals surface area contributed by atoms with E-state index in [0.717, 1.165) is 0 Å². The quantitative estimate of drug-likeness (QED) is 0.331. The monoisotopic (exact) mass is 372 g/mol. The van der Waals surface area contributed by atoms with Gasteiger partial charge in [0.05, 0.1) is 24.7 Å². The molecule has 2 aromatic rings. The third-order valence-corrected chi connectivity index (χ3v) is 3.70. The van der Waals surface area contributed by atoms with Crippen LogP contribution in [-0.2, 0) is 4.79 Å². The summed E-state index contributed by atoms with van der Waals surface area (Å²) in [6.45, 7) is -0.176. The fourth-order valence-electron chi connectivity index (χ4n) is 2.22. The summed E-state index contributed by atoms with van der Waals surface area (Å²) in [5, 5.41) is 32.3. The SMILES string of the molecule is O=C(CC(=O)c1ccc(NCC(O)CO)cc1)Nc1ccc(C(=O)O)cc1. The first-order valence-electron chi connectivity index (χ1n) is 8.18.